The molecule has 0 aromatic carbocycles. The average molecular weight is 271 g/mol. The molecule has 0 aromatic rings. The summed E-state index contributed by atoms with van der Waals surface area (Å²) in [6.45, 7) is 5.78. The van der Waals surface area contributed by atoms with Gasteiger partial charge in [0.2, 0.25) is 5.91 Å². The fraction of sp³-hybridized carbons (Fsp3) is 0.750. The van der Waals surface area contributed by atoms with E-state index in [1.807, 2.05) is 6.92 Å². The molecule has 1 atom stereocenters. The molecule has 3 N–H and O–H groups in total. The lowest BCUT2D eigenvalue weighted by molar-refractivity contribution is -0.146. The number of hydrogen-bond acceptors (Lipinski definition) is 3. The molecule has 7 nitrogen and oxygen atoms in total. The molecule has 0 bridgehead atoms. The molecule has 0 radical (unpaired) electrons. The van der Waals surface area contributed by atoms with Gasteiger partial charge in [0.1, 0.15) is 6.04 Å². The smallest absolute Gasteiger partial charge is 0.318 e. The number of urea groups is 1. The largest absolute Gasteiger partial charge is 0.481 e. The Kier molecular flexibility index (Phi) is 4.74. The van der Waals surface area contributed by atoms with Crippen LogP contribution in [0.25, 0.3) is 0 Å². The zero-order valence-corrected chi connectivity index (χ0v) is 11.5. The first kappa shape index (κ1) is 15.3. The predicted molar refractivity (Wildman–Crippen MR) is 68.6 cm³/mol. The van der Waals surface area contributed by atoms with Crippen LogP contribution in [0.3, 0.4) is 0 Å². The Labute approximate surface area is 112 Å². The van der Waals surface area contributed by atoms with Crippen LogP contribution in [-0.2, 0) is 9.59 Å². The molecular weight excluding hydrogens is 250 g/mol. The highest BCUT2D eigenvalue weighted by molar-refractivity contribution is 5.88. The van der Waals surface area contributed by atoms with Gasteiger partial charge in [0.15, 0.2) is 0 Å². The van der Waals surface area contributed by atoms with Crippen molar-refractivity contribution in [2.75, 3.05) is 19.6 Å². The molecule has 1 unspecified atom stereocenters. The van der Waals surface area contributed by atoms with Crippen molar-refractivity contribution in [2.45, 2.75) is 33.2 Å². The van der Waals surface area contributed by atoms with Gasteiger partial charge in [-0.15, -0.1) is 0 Å². The summed E-state index contributed by atoms with van der Waals surface area (Å²) < 4.78 is 0. The molecule has 0 aromatic heterocycles. The van der Waals surface area contributed by atoms with E-state index < -0.39 is 23.5 Å². The Morgan fingerprint density at radius 3 is 2.68 bits per heavy atom. The van der Waals surface area contributed by atoms with E-state index >= 15 is 0 Å². The zero-order chi connectivity index (χ0) is 14.6. The van der Waals surface area contributed by atoms with Gasteiger partial charge < -0.3 is 20.6 Å². The van der Waals surface area contributed by atoms with Gasteiger partial charge in [-0.25, -0.2) is 4.79 Å². The monoisotopic (exact) mass is 271 g/mol. The van der Waals surface area contributed by atoms with Crippen LogP contribution < -0.4 is 10.6 Å². The molecule has 3 amide bonds. The van der Waals surface area contributed by atoms with E-state index in [1.165, 1.54) is 18.7 Å². The molecule has 0 saturated carbocycles. The normalized spacial score (nSPS) is 19.8. The summed E-state index contributed by atoms with van der Waals surface area (Å²) in [5.41, 5.74) is -1.03. The number of nitrogens with one attached hydrogen (secondary N) is 2. The highest BCUT2D eigenvalue weighted by Gasteiger charge is 2.33. The summed E-state index contributed by atoms with van der Waals surface area (Å²) >= 11 is 0. The van der Waals surface area contributed by atoms with Crippen molar-refractivity contribution in [2.24, 2.45) is 5.41 Å². The Hall–Kier alpha value is -1.79. The third kappa shape index (κ3) is 3.59. The molecule has 0 aliphatic carbocycles. The predicted octanol–water partition coefficient (Wildman–Crippen LogP) is 0.0172. The van der Waals surface area contributed by atoms with Gasteiger partial charge in [-0.2, -0.15) is 0 Å². The summed E-state index contributed by atoms with van der Waals surface area (Å²) in [6.07, 6.45) is 0.529. The van der Waals surface area contributed by atoms with Crippen LogP contribution in [-0.4, -0.2) is 53.6 Å². The Bertz CT molecular complexity index is 381. The number of carbonyl (C=O) groups excluding carboxylic acids is 2. The highest BCUT2D eigenvalue weighted by Crippen LogP contribution is 2.14. The van der Waals surface area contributed by atoms with Crippen molar-refractivity contribution >= 4 is 17.9 Å². The van der Waals surface area contributed by atoms with Crippen LogP contribution in [0.15, 0.2) is 0 Å². The Morgan fingerprint density at radius 2 is 2.16 bits per heavy atom. The van der Waals surface area contributed by atoms with Gasteiger partial charge in [0.25, 0.3) is 0 Å². The highest BCUT2D eigenvalue weighted by atomic mass is 16.4. The average Bonchev–Trinajstić information content (AvgIpc) is 2.35. The van der Waals surface area contributed by atoms with Crippen molar-refractivity contribution in [3.63, 3.8) is 0 Å². The molecule has 19 heavy (non-hydrogen) atoms. The van der Waals surface area contributed by atoms with E-state index in [9.17, 15) is 14.4 Å². The standard InChI is InChI=1S/C12H21N3O4/c1-4-8-9(16)13-5-6-15(8)11(19)14-7-12(2,3)10(17)18/h8H,4-7H2,1-3H3,(H,13,16)(H,14,19)(H,17,18). The van der Waals surface area contributed by atoms with Crippen LogP contribution in [0.1, 0.15) is 27.2 Å². The minimum Gasteiger partial charge on any atom is -0.481 e. The number of rotatable bonds is 4. The number of carbonyl (C=O) groups is 3. The van der Waals surface area contributed by atoms with Crippen LogP contribution in [0.4, 0.5) is 4.79 Å². The molecular formula is C12H21N3O4. The van der Waals surface area contributed by atoms with Crippen molar-refractivity contribution in [3.8, 4) is 0 Å². The third-order valence-electron chi connectivity index (χ3n) is 3.24. The molecule has 1 saturated heterocycles. The second-order valence-corrected chi connectivity index (χ2v) is 5.26. The Balaban J connectivity index is 2.62. The van der Waals surface area contributed by atoms with Crippen LogP contribution >= 0.6 is 0 Å². The van der Waals surface area contributed by atoms with E-state index in [0.717, 1.165) is 0 Å². The van der Waals surface area contributed by atoms with Crippen LogP contribution in [0.2, 0.25) is 0 Å². The lowest BCUT2D eigenvalue weighted by Crippen LogP contribution is -2.59. The number of amides is 3. The summed E-state index contributed by atoms with van der Waals surface area (Å²) in [4.78, 5) is 36.1. The second kappa shape index (κ2) is 5.90. The minimum atomic E-state index is -1.03. The molecule has 1 heterocycles. The molecule has 0 spiro atoms. The molecule has 1 rings (SSSR count). The van der Waals surface area contributed by atoms with E-state index in [1.54, 1.807) is 0 Å². The Morgan fingerprint density at radius 1 is 1.53 bits per heavy atom. The first-order valence-electron chi connectivity index (χ1n) is 6.35. The fourth-order valence-corrected chi connectivity index (χ4v) is 1.84. The van der Waals surface area contributed by atoms with Crippen LogP contribution in [0.5, 0.6) is 0 Å². The summed E-state index contributed by atoms with van der Waals surface area (Å²) in [5, 5.41) is 14.3. The number of aliphatic carboxylic acids is 1. The third-order valence-corrected chi connectivity index (χ3v) is 3.24. The maximum atomic E-state index is 12.0. The van der Waals surface area contributed by atoms with Crippen LogP contribution in [0, 0.1) is 5.41 Å². The molecule has 1 aliphatic heterocycles. The van der Waals surface area contributed by atoms with Gasteiger partial charge in [0, 0.05) is 19.6 Å². The number of carboxylic acid groups (broad SMARTS) is 1. The zero-order valence-electron chi connectivity index (χ0n) is 11.5. The minimum absolute atomic E-state index is 0.0235. The van der Waals surface area contributed by atoms with Crippen molar-refractivity contribution in [3.05, 3.63) is 0 Å². The first-order chi connectivity index (χ1) is 8.79. The maximum absolute atomic E-state index is 12.0. The van der Waals surface area contributed by atoms with E-state index in [0.29, 0.717) is 19.5 Å². The second-order valence-electron chi connectivity index (χ2n) is 5.26. The van der Waals surface area contributed by atoms with Gasteiger partial charge in [-0.1, -0.05) is 6.92 Å². The molecule has 108 valence electrons. The topological polar surface area (TPSA) is 98.7 Å². The van der Waals surface area contributed by atoms with Gasteiger partial charge in [-0.05, 0) is 20.3 Å². The lowest BCUT2D eigenvalue weighted by atomic mass is 9.94. The number of piperazine rings is 1. The van der Waals surface area contributed by atoms with Gasteiger partial charge >= 0.3 is 12.0 Å². The molecule has 1 aliphatic rings. The molecule has 7 heteroatoms. The van der Waals surface area contributed by atoms with Crippen molar-refractivity contribution in [1.29, 1.82) is 0 Å². The summed E-state index contributed by atoms with van der Waals surface area (Å²) in [5.74, 6) is -1.14. The van der Waals surface area contributed by atoms with Gasteiger partial charge in [0.05, 0.1) is 5.41 Å². The number of carboxylic acids is 1. The van der Waals surface area contributed by atoms with E-state index in [-0.39, 0.29) is 12.5 Å². The van der Waals surface area contributed by atoms with Gasteiger partial charge in [-0.3, -0.25) is 9.59 Å². The van der Waals surface area contributed by atoms with E-state index in [2.05, 4.69) is 10.6 Å². The molecule has 1 fully saturated rings. The number of hydrogen-bond donors (Lipinski definition) is 3. The van der Waals surface area contributed by atoms with Crippen molar-refractivity contribution < 1.29 is 19.5 Å². The maximum Gasteiger partial charge on any atom is 0.318 e. The first-order valence-corrected chi connectivity index (χ1v) is 6.35. The fourth-order valence-electron chi connectivity index (χ4n) is 1.84. The lowest BCUT2D eigenvalue weighted by Gasteiger charge is -2.35. The summed E-state index contributed by atoms with van der Waals surface area (Å²) in [7, 11) is 0. The van der Waals surface area contributed by atoms with Crippen molar-refractivity contribution in [1.82, 2.24) is 15.5 Å². The SMILES string of the molecule is CCC1C(=O)NCCN1C(=O)NCC(C)(C)C(=O)O. The summed E-state index contributed by atoms with van der Waals surface area (Å²) in [6, 6.07) is -0.877. The quantitative estimate of drug-likeness (QED) is 0.671. The van der Waals surface area contributed by atoms with E-state index in [4.69, 9.17) is 5.11 Å². The number of nitrogens with zero attached hydrogens (tertiary/aromatic N) is 1.